The van der Waals surface area contributed by atoms with E-state index in [2.05, 4.69) is 9.97 Å². The Bertz CT molecular complexity index is 1380. The number of aliphatic hydroxyl groups excluding tert-OH is 9. The minimum atomic E-state index is -2.23. The molecular formula is C23H34N6O14. The van der Waals surface area contributed by atoms with Gasteiger partial charge in [-0.15, -0.1) is 0 Å². The minimum Gasteiger partial charge on any atom is -0.394 e. The van der Waals surface area contributed by atoms with Crippen molar-refractivity contribution < 1.29 is 60.2 Å². The smallest absolute Gasteiger partial charge is 0.352 e. The van der Waals surface area contributed by atoms with Crippen LogP contribution in [0.25, 0.3) is 0 Å². The van der Waals surface area contributed by atoms with Crippen molar-refractivity contribution in [3.05, 3.63) is 45.5 Å². The van der Waals surface area contributed by atoms with Crippen LogP contribution in [0.15, 0.2) is 34.1 Å². The number of hydrogen-bond donors (Lipinski definition) is 11. The fourth-order valence-corrected chi connectivity index (χ4v) is 5.20. The number of ether oxygens (including phenoxy) is 3. The number of nitrogen functional groups attached to an aromatic ring is 2. The molecule has 0 saturated carbocycles. The van der Waals surface area contributed by atoms with Crippen LogP contribution in [0.3, 0.4) is 0 Å². The van der Waals surface area contributed by atoms with E-state index < -0.39 is 104 Å². The number of hydrogen-bond acceptors (Lipinski definition) is 18. The summed E-state index contributed by atoms with van der Waals surface area (Å²) in [5.41, 5.74) is 6.88. The van der Waals surface area contributed by atoms with Crippen molar-refractivity contribution in [2.75, 3.05) is 31.3 Å². The molecule has 3 fully saturated rings. The summed E-state index contributed by atoms with van der Waals surface area (Å²) in [4.78, 5) is 30.9. The molecule has 0 aromatic carbocycles. The number of aliphatic hydroxyl groups is 9. The van der Waals surface area contributed by atoms with Crippen LogP contribution in [0.1, 0.15) is 6.23 Å². The highest BCUT2D eigenvalue weighted by molar-refractivity contribution is 5.25. The molecule has 12 atom stereocenters. The second kappa shape index (κ2) is 12.9. The highest BCUT2D eigenvalue weighted by atomic mass is 16.6. The third-order valence-corrected chi connectivity index (χ3v) is 7.44. The monoisotopic (exact) mass is 618 g/mol. The Morgan fingerprint density at radius 1 is 0.721 bits per heavy atom. The normalized spacial score (nSPS) is 39.0. The van der Waals surface area contributed by atoms with Crippen LogP contribution in [0.4, 0.5) is 11.6 Å². The summed E-state index contributed by atoms with van der Waals surface area (Å²) in [6, 6.07) is 2.59. The van der Waals surface area contributed by atoms with E-state index in [4.69, 9.17) is 30.8 Å². The fraction of sp³-hybridized carbons (Fsp3) is 0.652. The van der Waals surface area contributed by atoms with Crippen LogP contribution >= 0.6 is 0 Å². The van der Waals surface area contributed by atoms with Crippen molar-refractivity contribution in [3.63, 3.8) is 0 Å². The molecule has 43 heavy (non-hydrogen) atoms. The lowest BCUT2D eigenvalue weighted by Crippen LogP contribution is -2.61. The average Bonchev–Trinajstić information content (AvgIpc) is 3.53. The third-order valence-electron chi connectivity index (χ3n) is 7.44. The first-order valence-electron chi connectivity index (χ1n) is 12.9. The van der Waals surface area contributed by atoms with Gasteiger partial charge in [-0.2, -0.15) is 9.97 Å². The number of nitrogens with zero attached hydrogens (tertiary/aromatic N) is 4. The topological polar surface area (TPSA) is 332 Å². The zero-order valence-corrected chi connectivity index (χ0v) is 22.3. The highest BCUT2D eigenvalue weighted by Gasteiger charge is 2.66. The first kappa shape index (κ1) is 32.8. The van der Waals surface area contributed by atoms with E-state index in [1.54, 1.807) is 0 Å². The van der Waals surface area contributed by atoms with Crippen molar-refractivity contribution in [3.8, 4) is 0 Å². The molecule has 20 heteroatoms. The molecule has 0 aliphatic carbocycles. The molecule has 2 aromatic heterocycles. The molecule has 13 N–H and O–H groups in total. The molecule has 0 radical (unpaired) electrons. The summed E-state index contributed by atoms with van der Waals surface area (Å²) in [7, 11) is 0. The van der Waals surface area contributed by atoms with E-state index in [0.717, 1.165) is 15.3 Å². The molecule has 20 nitrogen and oxygen atoms in total. The molecule has 3 aliphatic rings. The molecule has 0 bridgehead atoms. The fourth-order valence-electron chi connectivity index (χ4n) is 5.20. The van der Waals surface area contributed by atoms with Gasteiger partial charge in [0.1, 0.15) is 72.7 Å². The van der Waals surface area contributed by atoms with Crippen molar-refractivity contribution in [2.45, 2.75) is 73.0 Å². The summed E-state index contributed by atoms with van der Waals surface area (Å²) in [5, 5.41) is 88.1. The van der Waals surface area contributed by atoms with Gasteiger partial charge in [0, 0.05) is 12.4 Å². The van der Waals surface area contributed by atoms with E-state index in [1.165, 1.54) is 18.3 Å². The second-order valence-electron chi connectivity index (χ2n) is 10.1. The summed E-state index contributed by atoms with van der Waals surface area (Å²) < 4.78 is 18.0. The molecule has 5 rings (SSSR count). The van der Waals surface area contributed by atoms with E-state index in [-0.39, 0.29) is 11.6 Å². The molecule has 1 unspecified atom stereocenters. The SMILES string of the molecule is Nc1ccn([C@@H]2O[C@H](CO)[C@@H](O)[C@H]2O)c(=O)n1.Nc1ccn([C@]2(C3O[C@H](CO)[C@@H](O)[C@H]3O)O[C@H](CO)[C@@H](O)[C@H]2O)c(=O)n1. The van der Waals surface area contributed by atoms with Crippen molar-refractivity contribution in [2.24, 2.45) is 0 Å². The maximum absolute atomic E-state index is 12.4. The summed E-state index contributed by atoms with van der Waals surface area (Å²) in [5.74, 6) is -0.0627. The number of anilines is 2. The lowest BCUT2D eigenvalue weighted by atomic mass is 9.92. The molecule has 0 spiro atoms. The highest BCUT2D eigenvalue weighted by Crippen LogP contribution is 2.43. The van der Waals surface area contributed by atoms with Crippen LogP contribution in [0.5, 0.6) is 0 Å². The Hall–Kier alpha value is -3.12. The molecular weight excluding hydrogens is 584 g/mol. The average molecular weight is 619 g/mol. The van der Waals surface area contributed by atoms with E-state index in [0.29, 0.717) is 0 Å². The third kappa shape index (κ3) is 5.75. The van der Waals surface area contributed by atoms with E-state index >= 15 is 0 Å². The van der Waals surface area contributed by atoms with E-state index in [9.17, 15) is 50.4 Å². The second-order valence-corrected chi connectivity index (χ2v) is 10.1. The Kier molecular flexibility index (Phi) is 9.80. The van der Waals surface area contributed by atoms with Gasteiger partial charge in [-0.1, -0.05) is 0 Å². The van der Waals surface area contributed by atoms with Crippen LogP contribution in [-0.2, 0) is 19.9 Å². The number of rotatable bonds is 6. The van der Waals surface area contributed by atoms with Crippen molar-refractivity contribution in [1.82, 2.24) is 19.1 Å². The minimum absolute atomic E-state index is 0.0537. The first-order valence-corrected chi connectivity index (χ1v) is 12.9. The standard InChI is InChI=1S/C14H21N3O9.C9H13N3O5/c15-7-1-2-17(13(24)16-7)14(11(23)9(21)6(4-19)26-14)12-10(22)8(20)5(3-18)25-12;10-5-1-2-12(9(16)11-5)8-7(15)6(14)4(3-13)17-8/h1-2,5-6,8-12,18-23H,3-4H2,(H2,15,16,24);1-2,4,6-8,13-15H,3H2,(H2,10,11,16)/t5-,6-,8-,9-,10-,11-,12?,14+;4-,6-,7-,8-/m11/s1. The molecule has 3 saturated heterocycles. The molecule has 3 aliphatic heterocycles. The molecule has 0 amide bonds. The Morgan fingerprint density at radius 2 is 1.26 bits per heavy atom. The Morgan fingerprint density at radius 3 is 1.74 bits per heavy atom. The lowest BCUT2D eigenvalue weighted by molar-refractivity contribution is -0.234. The van der Waals surface area contributed by atoms with Gasteiger partial charge in [0.15, 0.2) is 6.23 Å². The zero-order chi connectivity index (χ0) is 31.8. The predicted molar refractivity (Wildman–Crippen MR) is 139 cm³/mol. The van der Waals surface area contributed by atoms with Crippen molar-refractivity contribution in [1.29, 1.82) is 0 Å². The summed E-state index contributed by atoms with van der Waals surface area (Å²) >= 11 is 0. The van der Waals surface area contributed by atoms with Crippen LogP contribution < -0.4 is 22.8 Å². The lowest BCUT2D eigenvalue weighted by Gasteiger charge is -2.39. The van der Waals surface area contributed by atoms with Gasteiger partial charge in [-0.25, -0.2) is 9.59 Å². The van der Waals surface area contributed by atoms with Crippen LogP contribution in [-0.4, -0.2) is 146 Å². The van der Waals surface area contributed by atoms with Gasteiger partial charge in [-0.3, -0.25) is 9.13 Å². The molecule has 5 heterocycles. The predicted octanol–water partition coefficient (Wildman–Crippen LogP) is -7.49. The van der Waals surface area contributed by atoms with Gasteiger partial charge in [0.25, 0.3) is 0 Å². The van der Waals surface area contributed by atoms with Crippen molar-refractivity contribution >= 4 is 11.6 Å². The number of nitrogens with two attached hydrogens (primary N) is 2. The van der Waals surface area contributed by atoms with Gasteiger partial charge in [0.05, 0.1) is 19.8 Å². The first-order chi connectivity index (χ1) is 20.3. The molecule has 240 valence electrons. The largest absolute Gasteiger partial charge is 0.394 e. The van der Waals surface area contributed by atoms with Gasteiger partial charge >= 0.3 is 11.4 Å². The van der Waals surface area contributed by atoms with Crippen LogP contribution in [0, 0.1) is 0 Å². The van der Waals surface area contributed by atoms with Gasteiger partial charge in [-0.05, 0) is 12.1 Å². The summed E-state index contributed by atoms with van der Waals surface area (Å²) in [6.07, 6.45) is -12.9. The van der Waals surface area contributed by atoms with Crippen LogP contribution in [0.2, 0.25) is 0 Å². The Balaban J connectivity index is 0.000000215. The number of aromatic nitrogens is 4. The zero-order valence-electron chi connectivity index (χ0n) is 22.3. The van der Waals surface area contributed by atoms with E-state index in [1.807, 2.05) is 0 Å². The summed E-state index contributed by atoms with van der Waals surface area (Å²) in [6.45, 7) is -1.81. The maximum Gasteiger partial charge on any atom is 0.352 e. The quantitative estimate of drug-likeness (QED) is 0.143. The maximum atomic E-state index is 12.4. The van der Waals surface area contributed by atoms with Gasteiger partial charge in [0.2, 0.25) is 5.72 Å². The Labute approximate surface area is 241 Å². The van der Waals surface area contributed by atoms with Gasteiger partial charge < -0.3 is 71.6 Å². The molecule has 2 aromatic rings.